The third-order valence-corrected chi connectivity index (χ3v) is 4.05. The molecule has 1 amide bonds. The van der Waals surface area contributed by atoms with Crippen LogP contribution in [0, 0.1) is 10.1 Å². The van der Waals surface area contributed by atoms with E-state index in [1.807, 2.05) is 0 Å². The number of aromatic nitrogens is 1. The van der Waals surface area contributed by atoms with Crippen LogP contribution in [-0.2, 0) is 0 Å². The van der Waals surface area contributed by atoms with Crippen LogP contribution in [0.3, 0.4) is 0 Å². The maximum absolute atomic E-state index is 12.4. The summed E-state index contributed by atoms with van der Waals surface area (Å²) in [6, 6.07) is 12.3. The van der Waals surface area contributed by atoms with Crippen molar-refractivity contribution in [3.63, 3.8) is 0 Å². The molecule has 0 saturated carbocycles. The number of para-hydroxylation sites is 1. The van der Waals surface area contributed by atoms with Crippen LogP contribution in [0.15, 0.2) is 62.9 Å². The Kier molecular flexibility index (Phi) is 4.90. The molecular weight excluding hydrogens is 404 g/mol. The molecule has 0 radical (unpaired) electrons. The first-order valence-electron chi connectivity index (χ1n) is 7.35. The van der Waals surface area contributed by atoms with Gasteiger partial charge in [-0.15, -0.1) is 0 Å². The molecule has 1 aromatic heterocycles. The van der Waals surface area contributed by atoms with Crippen LogP contribution >= 0.6 is 15.9 Å². The molecule has 9 heteroatoms. The van der Waals surface area contributed by atoms with Crippen molar-refractivity contribution >= 4 is 44.6 Å². The van der Waals surface area contributed by atoms with Crippen molar-refractivity contribution in [3.05, 3.63) is 84.6 Å². The zero-order chi connectivity index (χ0) is 18.7. The highest BCUT2D eigenvalue weighted by Crippen LogP contribution is 2.20. The van der Waals surface area contributed by atoms with E-state index in [4.69, 9.17) is 0 Å². The standard InChI is InChI=1S/C17H11BrN4O4/c18-11-5-6-14-12(7-11)13(8-16(23)20-14)17(24)21-19-9-10-3-1-2-4-15(10)22(25)26/h1-9H,(H,20,23)(H,21,24)/b19-9+. The number of fused-ring (bicyclic) bond motifs is 1. The molecule has 8 nitrogen and oxygen atoms in total. The minimum Gasteiger partial charge on any atom is -0.322 e. The molecule has 0 aliphatic carbocycles. The van der Waals surface area contributed by atoms with Gasteiger partial charge in [0.15, 0.2) is 0 Å². The van der Waals surface area contributed by atoms with Gasteiger partial charge in [0.2, 0.25) is 5.56 Å². The lowest BCUT2D eigenvalue weighted by atomic mass is 10.1. The number of nitrogens with zero attached hydrogens (tertiary/aromatic N) is 2. The van der Waals surface area contributed by atoms with Crippen molar-refractivity contribution < 1.29 is 9.72 Å². The van der Waals surface area contributed by atoms with Crippen LogP contribution in [0.25, 0.3) is 10.9 Å². The molecule has 26 heavy (non-hydrogen) atoms. The number of benzene rings is 2. The highest BCUT2D eigenvalue weighted by atomic mass is 79.9. The highest BCUT2D eigenvalue weighted by molar-refractivity contribution is 9.10. The predicted octanol–water partition coefficient (Wildman–Crippen LogP) is 2.96. The third-order valence-electron chi connectivity index (χ3n) is 3.55. The minimum atomic E-state index is -0.603. The Labute approximate surface area is 154 Å². The topological polar surface area (TPSA) is 117 Å². The number of hydrogen-bond acceptors (Lipinski definition) is 5. The van der Waals surface area contributed by atoms with Crippen molar-refractivity contribution in [2.24, 2.45) is 5.10 Å². The number of hydrazone groups is 1. The first kappa shape index (κ1) is 17.5. The average molecular weight is 415 g/mol. The lowest BCUT2D eigenvalue weighted by Crippen LogP contribution is -2.21. The van der Waals surface area contributed by atoms with E-state index in [2.05, 4.69) is 31.4 Å². The second-order valence-corrected chi connectivity index (χ2v) is 6.17. The predicted molar refractivity (Wildman–Crippen MR) is 100 cm³/mol. The van der Waals surface area contributed by atoms with Gasteiger partial charge in [-0.25, -0.2) is 5.43 Å². The minimum absolute atomic E-state index is 0.129. The lowest BCUT2D eigenvalue weighted by molar-refractivity contribution is -0.385. The molecule has 1 heterocycles. The lowest BCUT2D eigenvalue weighted by Gasteiger charge is -2.05. The summed E-state index contributed by atoms with van der Waals surface area (Å²) in [5.74, 6) is -0.603. The maximum Gasteiger partial charge on any atom is 0.278 e. The first-order valence-corrected chi connectivity index (χ1v) is 8.14. The Balaban J connectivity index is 1.90. The van der Waals surface area contributed by atoms with Gasteiger partial charge in [-0.1, -0.05) is 28.1 Å². The van der Waals surface area contributed by atoms with Crippen molar-refractivity contribution in [1.82, 2.24) is 10.4 Å². The summed E-state index contributed by atoms with van der Waals surface area (Å²) in [4.78, 5) is 37.2. The number of pyridine rings is 1. The number of carbonyl (C=O) groups is 1. The van der Waals surface area contributed by atoms with E-state index in [1.165, 1.54) is 30.5 Å². The van der Waals surface area contributed by atoms with Crippen LogP contribution in [0.1, 0.15) is 15.9 Å². The quantitative estimate of drug-likeness (QED) is 0.387. The van der Waals surface area contributed by atoms with Crippen LogP contribution < -0.4 is 11.0 Å². The number of amides is 1. The van der Waals surface area contributed by atoms with Gasteiger partial charge in [-0.05, 0) is 24.3 Å². The van der Waals surface area contributed by atoms with Crippen molar-refractivity contribution in [1.29, 1.82) is 0 Å². The number of aromatic amines is 1. The van der Waals surface area contributed by atoms with E-state index in [-0.39, 0.29) is 16.8 Å². The molecule has 0 atom stereocenters. The number of carbonyl (C=O) groups excluding carboxylic acids is 1. The summed E-state index contributed by atoms with van der Waals surface area (Å²) in [6.45, 7) is 0. The fraction of sp³-hybridized carbons (Fsp3) is 0. The Bertz CT molecular complexity index is 1110. The normalized spacial score (nSPS) is 11.0. The highest BCUT2D eigenvalue weighted by Gasteiger charge is 2.13. The molecule has 0 bridgehead atoms. The largest absolute Gasteiger partial charge is 0.322 e. The van der Waals surface area contributed by atoms with Gasteiger partial charge in [0.25, 0.3) is 11.6 Å². The van der Waals surface area contributed by atoms with Crippen molar-refractivity contribution in [2.45, 2.75) is 0 Å². The molecular formula is C17H11BrN4O4. The molecule has 130 valence electrons. The second kappa shape index (κ2) is 7.28. The van der Waals surface area contributed by atoms with E-state index in [1.54, 1.807) is 24.3 Å². The maximum atomic E-state index is 12.4. The van der Waals surface area contributed by atoms with Crippen molar-refractivity contribution in [3.8, 4) is 0 Å². The second-order valence-electron chi connectivity index (χ2n) is 5.25. The number of rotatable bonds is 4. The van der Waals surface area contributed by atoms with Gasteiger partial charge in [-0.3, -0.25) is 19.7 Å². The van der Waals surface area contributed by atoms with E-state index in [0.717, 1.165) is 4.47 Å². The van der Waals surface area contributed by atoms with Crippen molar-refractivity contribution in [2.75, 3.05) is 0 Å². The van der Waals surface area contributed by atoms with E-state index in [9.17, 15) is 19.7 Å². The summed E-state index contributed by atoms with van der Waals surface area (Å²) in [5, 5.41) is 15.3. The number of nitro benzene ring substituents is 1. The van der Waals surface area contributed by atoms with Crippen LogP contribution in [0.5, 0.6) is 0 Å². The Hall–Kier alpha value is -3.33. The van der Waals surface area contributed by atoms with Crippen LogP contribution in [0.2, 0.25) is 0 Å². The summed E-state index contributed by atoms with van der Waals surface area (Å²) in [6.07, 6.45) is 1.18. The van der Waals surface area contributed by atoms with Gasteiger partial charge in [0, 0.05) is 27.5 Å². The van der Waals surface area contributed by atoms with Crippen LogP contribution in [-0.4, -0.2) is 22.0 Å². The number of nitro groups is 1. The zero-order valence-corrected chi connectivity index (χ0v) is 14.7. The van der Waals surface area contributed by atoms with Gasteiger partial charge in [0.1, 0.15) is 0 Å². The third kappa shape index (κ3) is 3.67. The van der Waals surface area contributed by atoms with Gasteiger partial charge >= 0.3 is 0 Å². The average Bonchev–Trinajstić information content (AvgIpc) is 2.61. The van der Waals surface area contributed by atoms with E-state index < -0.39 is 16.4 Å². The Morgan fingerprint density at radius 2 is 2.00 bits per heavy atom. The monoisotopic (exact) mass is 414 g/mol. The molecule has 2 aromatic carbocycles. The van der Waals surface area contributed by atoms with Gasteiger partial charge < -0.3 is 4.98 Å². The molecule has 3 aromatic rings. The number of halogens is 1. The van der Waals surface area contributed by atoms with E-state index in [0.29, 0.717) is 10.9 Å². The number of nitrogens with one attached hydrogen (secondary N) is 2. The zero-order valence-electron chi connectivity index (χ0n) is 13.1. The van der Waals surface area contributed by atoms with Gasteiger partial charge in [0.05, 0.1) is 22.3 Å². The summed E-state index contributed by atoms with van der Waals surface area (Å²) < 4.78 is 0.745. The fourth-order valence-electron chi connectivity index (χ4n) is 2.40. The molecule has 0 saturated heterocycles. The molecule has 0 fully saturated rings. The molecule has 0 spiro atoms. The van der Waals surface area contributed by atoms with E-state index >= 15 is 0 Å². The summed E-state index contributed by atoms with van der Waals surface area (Å²) >= 11 is 3.32. The fourth-order valence-corrected chi connectivity index (χ4v) is 2.76. The SMILES string of the molecule is O=C(N/N=C/c1ccccc1[N+](=O)[O-])c1cc(=O)[nH]c2ccc(Br)cc12. The summed E-state index contributed by atoms with van der Waals surface area (Å²) in [7, 11) is 0. The first-order chi connectivity index (χ1) is 12.5. The smallest absolute Gasteiger partial charge is 0.278 e. The molecule has 0 aliphatic heterocycles. The molecule has 2 N–H and O–H groups in total. The molecule has 3 rings (SSSR count). The Morgan fingerprint density at radius 1 is 1.23 bits per heavy atom. The molecule has 0 aliphatic rings. The van der Waals surface area contributed by atoms with Crippen LogP contribution in [0.4, 0.5) is 5.69 Å². The number of H-pyrrole nitrogens is 1. The molecule has 0 unspecified atom stereocenters. The van der Waals surface area contributed by atoms with Gasteiger partial charge in [-0.2, -0.15) is 5.10 Å². The number of hydrogen-bond donors (Lipinski definition) is 2. The Morgan fingerprint density at radius 3 is 2.77 bits per heavy atom. The summed E-state index contributed by atoms with van der Waals surface area (Å²) in [5.41, 5.74) is 2.64.